The first-order valence-corrected chi connectivity index (χ1v) is 13.6. The zero-order valence-electron chi connectivity index (χ0n) is 23.4. The van der Waals surface area contributed by atoms with Gasteiger partial charge in [-0.1, -0.05) is 88.4 Å². The molecule has 0 spiro atoms. The summed E-state index contributed by atoms with van der Waals surface area (Å²) in [6.07, 6.45) is 1.64. The fourth-order valence-electron chi connectivity index (χ4n) is 4.26. The van der Waals surface area contributed by atoms with Gasteiger partial charge in [0.05, 0.1) is 0 Å². The Morgan fingerprint density at radius 3 is 1.79 bits per heavy atom. The van der Waals surface area contributed by atoms with Crippen molar-refractivity contribution in [2.45, 2.75) is 77.9 Å². The summed E-state index contributed by atoms with van der Waals surface area (Å²) in [5.41, 5.74) is 4.03. The third-order valence-corrected chi connectivity index (χ3v) is 6.33. The maximum atomic E-state index is 13.4. The maximum Gasteiger partial charge on any atom is 0.243 e. The molecule has 2 aromatic rings. The summed E-state index contributed by atoms with van der Waals surface area (Å²) in [6.45, 7) is 7.58. The van der Waals surface area contributed by atoms with E-state index in [2.05, 4.69) is 21.4 Å². The third kappa shape index (κ3) is 11.7. The number of nitrogens with two attached hydrogens (primary N) is 1. The van der Waals surface area contributed by atoms with Gasteiger partial charge in [-0.25, -0.2) is 5.84 Å². The largest absolute Gasteiger partial charge is 0.351 e. The van der Waals surface area contributed by atoms with E-state index in [0.717, 1.165) is 11.1 Å². The van der Waals surface area contributed by atoms with Crippen molar-refractivity contribution < 1.29 is 19.2 Å². The van der Waals surface area contributed by atoms with E-state index in [9.17, 15) is 19.2 Å². The summed E-state index contributed by atoms with van der Waals surface area (Å²) in [5.74, 6) is 3.85. The van der Waals surface area contributed by atoms with Gasteiger partial charge in [-0.3, -0.25) is 24.6 Å². The normalized spacial score (nSPS) is 13.3. The molecule has 0 aliphatic rings. The number of nitrogens with one attached hydrogen (secondary N) is 4. The average molecular weight is 538 g/mol. The van der Waals surface area contributed by atoms with Gasteiger partial charge in [0.25, 0.3) is 0 Å². The topological polar surface area (TPSA) is 142 Å². The summed E-state index contributed by atoms with van der Waals surface area (Å²) in [6, 6.07) is 17.1. The highest BCUT2D eigenvalue weighted by molar-refractivity contribution is 5.92. The van der Waals surface area contributed by atoms with Gasteiger partial charge in [-0.15, -0.1) is 0 Å². The Bertz CT molecular complexity index is 1060. The predicted octanol–water partition coefficient (Wildman–Crippen LogP) is 2.40. The summed E-state index contributed by atoms with van der Waals surface area (Å²) in [5, 5.41) is 8.75. The van der Waals surface area contributed by atoms with Crippen molar-refractivity contribution in [1.82, 2.24) is 21.4 Å². The second-order valence-electron chi connectivity index (χ2n) is 10.6. The van der Waals surface area contributed by atoms with E-state index in [1.54, 1.807) is 0 Å². The Morgan fingerprint density at radius 1 is 0.718 bits per heavy atom. The van der Waals surface area contributed by atoms with Gasteiger partial charge >= 0.3 is 0 Å². The van der Waals surface area contributed by atoms with Gasteiger partial charge in [-0.2, -0.15) is 0 Å². The number of carbonyl (C=O) groups is 4. The molecule has 2 rings (SSSR count). The first-order valence-electron chi connectivity index (χ1n) is 13.6. The molecule has 3 atom stereocenters. The van der Waals surface area contributed by atoms with Gasteiger partial charge < -0.3 is 16.0 Å². The minimum Gasteiger partial charge on any atom is -0.351 e. The van der Waals surface area contributed by atoms with Crippen molar-refractivity contribution in [3.05, 3.63) is 71.8 Å². The van der Waals surface area contributed by atoms with E-state index < -0.39 is 18.0 Å². The molecule has 0 aromatic heterocycles. The zero-order chi connectivity index (χ0) is 28.8. The van der Waals surface area contributed by atoms with Gasteiger partial charge in [0, 0.05) is 25.3 Å². The Morgan fingerprint density at radius 2 is 1.28 bits per heavy atom. The van der Waals surface area contributed by atoms with E-state index in [4.69, 9.17) is 5.84 Å². The molecule has 6 N–H and O–H groups in total. The molecule has 0 bridgehead atoms. The van der Waals surface area contributed by atoms with E-state index in [-0.39, 0.29) is 42.0 Å². The van der Waals surface area contributed by atoms with E-state index in [1.807, 2.05) is 88.4 Å². The van der Waals surface area contributed by atoms with Crippen molar-refractivity contribution in [2.75, 3.05) is 0 Å². The Labute approximate surface area is 231 Å². The lowest BCUT2D eigenvalue weighted by Gasteiger charge is -2.28. The molecule has 0 fully saturated rings. The van der Waals surface area contributed by atoms with Crippen molar-refractivity contribution >= 4 is 23.6 Å². The molecule has 0 saturated heterocycles. The molecular weight excluding hydrogens is 494 g/mol. The fourth-order valence-corrected chi connectivity index (χ4v) is 4.26. The molecule has 39 heavy (non-hydrogen) atoms. The van der Waals surface area contributed by atoms with Crippen LogP contribution < -0.4 is 27.2 Å². The van der Waals surface area contributed by atoms with Crippen molar-refractivity contribution in [3.8, 4) is 0 Å². The molecule has 0 radical (unpaired) electrons. The van der Waals surface area contributed by atoms with E-state index >= 15 is 0 Å². The minimum absolute atomic E-state index is 0.141. The van der Waals surface area contributed by atoms with Crippen LogP contribution in [0.25, 0.3) is 0 Å². The lowest BCUT2D eigenvalue weighted by Crippen LogP contribution is -2.57. The molecule has 212 valence electrons. The number of hydrogen-bond donors (Lipinski definition) is 5. The first-order chi connectivity index (χ1) is 18.6. The number of rotatable bonds is 15. The van der Waals surface area contributed by atoms with Crippen molar-refractivity contribution in [3.63, 3.8) is 0 Å². The highest BCUT2D eigenvalue weighted by atomic mass is 16.2. The SMILES string of the molecule is CC(C)CC(=O)NC(Cc1ccccc1)C(=O)NC(C(=O)NC(CCC(=O)NN)Cc1ccccc1)C(C)C. The second-order valence-corrected chi connectivity index (χ2v) is 10.6. The molecule has 3 unspecified atom stereocenters. The highest BCUT2D eigenvalue weighted by Crippen LogP contribution is 2.11. The van der Waals surface area contributed by atoms with E-state index in [1.165, 1.54) is 0 Å². The molecule has 2 aromatic carbocycles. The molecule has 9 heteroatoms. The molecular formula is C30H43N5O4. The Kier molecular flexibility index (Phi) is 13.2. The lowest BCUT2D eigenvalue weighted by molar-refractivity contribution is -0.133. The maximum absolute atomic E-state index is 13.4. The van der Waals surface area contributed by atoms with Crippen LogP contribution in [0.1, 0.15) is 58.1 Å². The van der Waals surface area contributed by atoms with Gasteiger partial charge in [-0.05, 0) is 35.8 Å². The summed E-state index contributed by atoms with van der Waals surface area (Å²) in [7, 11) is 0. The molecule has 9 nitrogen and oxygen atoms in total. The van der Waals surface area contributed by atoms with Crippen LogP contribution in [0.15, 0.2) is 60.7 Å². The number of benzene rings is 2. The number of carbonyl (C=O) groups excluding carboxylic acids is 4. The molecule has 0 heterocycles. The van der Waals surface area contributed by atoms with Gasteiger partial charge in [0.15, 0.2) is 0 Å². The van der Waals surface area contributed by atoms with Crippen LogP contribution in [0.5, 0.6) is 0 Å². The van der Waals surface area contributed by atoms with Crippen LogP contribution in [0.4, 0.5) is 0 Å². The van der Waals surface area contributed by atoms with Crippen LogP contribution in [0.3, 0.4) is 0 Å². The summed E-state index contributed by atoms with van der Waals surface area (Å²) < 4.78 is 0. The Hall–Kier alpha value is -3.72. The lowest BCUT2D eigenvalue weighted by atomic mass is 9.98. The number of hydrazine groups is 1. The van der Waals surface area contributed by atoms with Gasteiger partial charge in [0.2, 0.25) is 23.6 Å². The second kappa shape index (κ2) is 16.3. The number of amides is 4. The number of hydrogen-bond acceptors (Lipinski definition) is 5. The van der Waals surface area contributed by atoms with Crippen LogP contribution in [-0.2, 0) is 32.0 Å². The standard InChI is InChI=1S/C30H43N5O4/c1-20(2)17-27(37)33-25(19-23-13-9-6-10-14-23)29(38)34-28(21(3)4)30(39)32-24(15-16-26(36)35-31)18-22-11-7-5-8-12-22/h5-14,20-21,24-25,28H,15-19,31H2,1-4H3,(H,32,39)(H,33,37)(H,34,38)(H,35,36). The highest BCUT2D eigenvalue weighted by Gasteiger charge is 2.30. The van der Waals surface area contributed by atoms with Crippen molar-refractivity contribution in [2.24, 2.45) is 17.7 Å². The van der Waals surface area contributed by atoms with E-state index in [0.29, 0.717) is 25.7 Å². The quantitative estimate of drug-likeness (QED) is 0.135. The third-order valence-electron chi connectivity index (χ3n) is 6.33. The smallest absolute Gasteiger partial charge is 0.243 e. The van der Waals surface area contributed by atoms with Crippen LogP contribution in [-0.4, -0.2) is 41.8 Å². The minimum atomic E-state index is -0.834. The zero-order valence-corrected chi connectivity index (χ0v) is 23.4. The van der Waals surface area contributed by atoms with Crippen LogP contribution >= 0.6 is 0 Å². The average Bonchev–Trinajstić information content (AvgIpc) is 2.90. The van der Waals surface area contributed by atoms with Crippen molar-refractivity contribution in [1.29, 1.82) is 0 Å². The van der Waals surface area contributed by atoms with Gasteiger partial charge in [0.1, 0.15) is 12.1 Å². The molecule has 0 aliphatic heterocycles. The predicted molar refractivity (Wildman–Crippen MR) is 152 cm³/mol. The van der Waals surface area contributed by atoms with Crippen LogP contribution in [0, 0.1) is 11.8 Å². The fraction of sp³-hybridized carbons (Fsp3) is 0.467. The van der Waals surface area contributed by atoms with Crippen LogP contribution in [0.2, 0.25) is 0 Å². The Balaban J connectivity index is 2.17. The summed E-state index contributed by atoms with van der Waals surface area (Å²) >= 11 is 0. The monoisotopic (exact) mass is 537 g/mol. The molecule has 4 amide bonds. The summed E-state index contributed by atoms with van der Waals surface area (Å²) in [4.78, 5) is 51.2. The molecule has 0 aliphatic carbocycles. The molecule has 0 saturated carbocycles. The first kappa shape index (κ1) is 31.5.